The Morgan fingerprint density at radius 1 is 1.30 bits per heavy atom. The lowest BCUT2D eigenvalue weighted by atomic mass is 10.1. The molecular weight excluding hydrogens is 294 g/mol. The Bertz CT molecular complexity index is 581. The highest BCUT2D eigenvalue weighted by Gasteiger charge is 2.22. The second kappa shape index (κ2) is 7.00. The molecule has 1 heterocycles. The monoisotopic (exact) mass is 319 g/mol. The Balaban J connectivity index is 2.02. The Morgan fingerprint density at radius 2 is 2.04 bits per heavy atom. The number of amides is 3. The molecule has 0 aliphatic carbocycles. The summed E-state index contributed by atoms with van der Waals surface area (Å²) in [6.07, 6.45) is 1.06. The molecule has 1 aromatic carbocycles. The molecule has 0 radical (unpaired) electrons. The van der Waals surface area contributed by atoms with E-state index in [-0.39, 0.29) is 17.5 Å². The number of rotatable bonds is 2. The van der Waals surface area contributed by atoms with Crippen molar-refractivity contribution in [2.75, 3.05) is 18.4 Å². The van der Waals surface area contributed by atoms with E-state index >= 15 is 0 Å². The van der Waals surface area contributed by atoms with Crippen molar-refractivity contribution >= 4 is 17.6 Å². The molecule has 0 saturated carbocycles. The van der Waals surface area contributed by atoms with Crippen molar-refractivity contribution in [1.82, 2.24) is 10.2 Å². The Morgan fingerprint density at radius 3 is 2.70 bits per heavy atom. The number of carbonyl (C=O) groups is 2. The van der Waals surface area contributed by atoms with Crippen LogP contribution in [0.1, 0.15) is 44.0 Å². The van der Waals surface area contributed by atoms with Crippen LogP contribution in [0.5, 0.6) is 0 Å². The van der Waals surface area contributed by atoms with Gasteiger partial charge in [-0.2, -0.15) is 0 Å². The van der Waals surface area contributed by atoms with Gasteiger partial charge >= 0.3 is 6.03 Å². The summed E-state index contributed by atoms with van der Waals surface area (Å²) in [5.41, 5.74) is 0.744. The molecule has 1 aliphatic rings. The lowest BCUT2D eigenvalue weighted by Crippen LogP contribution is -2.44. The summed E-state index contributed by atoms with van der Waals surface area (Å²) < 4.78 is 0. The quantitative estimate of drug-likeness (QED) is 0.781. The van der Waals surface area contributed by atoms with E-state index < -0.39 is 6.10 Å². The minimum absolute atomic E-state index is 0.179. The van der Waals surface area contributed by atoms with E-state index in [0.717, 1.165) is 12.8 Å². The third-order valence-electron chi connectivity index (χ3n) is 3.55. The van der Waals surface area contributed by atoms with Crippen molar-refractivity contribution in [3.8, 4) is 0 Å². The molecule has 0 bridgehead atoms. The normalized spacial score (nSPS) is 18.4. The van der Waals surface area contributed by atoms with Crippen molar-refractivity contribution < 1.29 is 14.7 Å². The average molecular weight is 319 g/mol. The smallest absolute Gasteiger partial charge is 0.321 e. The van der Waals surface area contributed by atoms with Gasteiger partial charge in [-0.05, 0) is 51.8 Å². The molecule has 1 atom stereocenters. The molecule has 3 N–H and O–H groups in total. The summed E-state index contributed by atoms with van der Waals surface area (Å²) in [6.45, 7) is 6.72. The van der Waals surface area contributed by atoms with E-state index in [9.17, 15) is 14.7 Å². The molecule has 3 amide bonds. The first-order valence-corrected chi connectivity index (χ1v) is 7.91. The molecule has 0 spiro atoms. The van der Waals surface area contributed by atoms with E-state index in [0.29, 0.717) is 24.3 Å². The molecule has 1 aromatic rings. The number of urea groups is 1. The summed E-state index contributed by atoms with van der Waals surface area (Å²) >= 11 is 0. The first kappa shape index (κ1) is 17.3. The van der Waals surface area contributed by atoms with Gasteiger partial charge < -0.3 is 20.6 Å². The highest BCUT2D eigenvalue weighted by molar-refractivity contribution is 5.97. The minimum Gasteiger partial charge on any atom is -0.391 e. The number of anilines is 1. The van der Waals surface area contributed by atoms with Crippen LogP contribution in [0.3, 0.4) is 0 Å². The molecule has 1 aliphatic heterocycles. The SMILES string of the molecule is CC(C)(C)NC(=O)c1cccc(NC(=O)N2CCC[C@@H](O)C2)c1. The van der Waals surface area contributed by atoms with E-state index in [1.54, 1.807) is 29.2 Å². The summed E-state index contributed by atoms with van der Waals surface area (Å²) in [5.74, 6) is -0.179. The number of likely N-dealkylation sites (tertiary alicyclic amines) is 1. The predicted molar refractivity (Wildman–Crippen MR) is 89.5 cm³/mol. The zero-order chi connectivity index (χ0) is 17.0. The van der Waals surface area contributed by atoms with Crippen molar-refractivity contribution in [1.29, 1.82) is 0 Å². The first-order valence-electron chi connectivity index (χ1n) is 7.91. The fourth-order valence-electron chi connectivity index (χ4n) is 2.49. The van der Waals surface area contributed by atoms with Gasteiger partial charge in [0.15, 0.2) is 0 Å². The standard InChI is InChI=1S/C17H25N3O3/c1-17(2,3)19-15(22)12-6-4-7-13(10-12)18-16(23)20-9-5-8-14(21)11-20/h4,6-7,10,14,21H,5,8-9,11H2,1-3H3,(H,18,23)(H,19,22)/t14-/m1/s1. The third-order valence-corrected chi connectivity index (χ3v) is 3.55. The lowest BCUT2D eigenvalue weighted by molar-refractivity contribution is 0.0883. The van der Waals surface area contributed by atoms with Gasteiger partial charge in [0, 0.05) is 29.9 Å². The number of nitrogens with zero attached hydrogens (tertiary/aromatic N) is 1. The predicted octanol–water partition coefficient (Wildman–Crippen LogP) is 2.20. The highest BCUT2D eigenvalue weighted by Crippen LogP contribution is 2.15. The van der Waals surface area contributed by atoms with Crippen molar-refractivity contribution in [3.05, 3.63) is 29.8 Å². The van der Waals surface area contributed by atoms with Gasteiger partial charge in [0.05, 0.1) is 6.10 Å². The highest BCUT2D eigenvalue weighted by atomic mass is 16.3. The van der Waals surface area contributed by atoms with Gasteiger partial charge in [-0.3, -0.25) is 4.79 Å². The van der Waals surface area contributed by atoms with E-state index in [4.69, 9.17) is 0 Å². The molecule has 2 rings (SSSR count). The van der Waals surface area contributed by atoms with E-state index in [2.05, 4.69) is 10.6 Å². The molecule has 1 saturated heterocycles. The van der Waals surface area contributed by atoms with Crippen molar-refractivity contribution in [2.24, 2.45) is 0 Å². The van der Waals surface area contributed by atoms with Crippen LogP contribution in [0.25, 0.3) is 0 Å². The average Bonchev–Trinajstić information content (AvgIpc) is 2.45. The molecule has 23 heavy (non-hydrogen) atoms. The summed E-state index contributed by atoms with van der Waals surface area (Å²) in [5, 5.41) is 15.3. The second-order valence-electron chi connectivity index (χ2n) is 6.96. The van der Waals surface area contributed by atoms with Crippen molar-refractivity contribution in [3.63, 3.8) is 0 Å². The van der Waals surface area contributed by atoms with Crippen LogP contribution in [-0.4, -0.2) is 46.7 Å². The van der Waals surface area contributed by atoms with Crippen LogP contribution in [-0.2, 0) is 0 Å². The van der Waals surface area contributed by atoms with Gasteiger partial charge in [-0.1, -0.05) is 6.07 Å². The number of β-amino-alcohol motifs (C(OH)–C–C–N with tert-alkyl or cyclic N) is 1. The van der Waals surface area contributed by atoms with Crippen LogP contribution in [0, 0.1) is 0 Å². The number of carbonyl (C=O) groups excluding carboxylic acids is 2. The topological polar surface area (TPSA) is 81.7 Å². The van der Waals surface area contributed by atoms with Gasteiger partial charge in [0.25, 0.3) is 5.91 Å². The number of aliphatic hydroxyl groups excluding tert-OH is 1. The fourth-order valence-corrected chi connectivity index (χ4v) is 2.49. The summed E-state index contributed by atoms with van der Waals surface area (Å²) in [6, 6.07) is 6.59. The number of nitrogens with one attached hydrogen (secondary N) is 2. The maximum atomic E-state index is 12.2. The molecule has 0 unspecified atom stereocenters. The largest absolute Gasteiger partial charge is 0.391 e. The lowest BCUT2D eigenvalue weighted by Gasteiger charge is -2.30. The van der Waals surface area contributed by atoms with E-state index in [1.807, 2.05) is 20.8 Å². The third kappa shape index (κ3) is 5.25. The Hall–Kier alpha value is -2.08. The molecule has 126 valence electrons. The molecule has 6 nitrogen and oxygen atoms in total. The van der Waals surface area contributed by atoms with Crippen LogP contribution >= 0.6 is 0 Å². The van der Waals surface area contributed by atoms with E-state index in [1.165, 1.54) is 0 Å². The number of piperidine rings is 1. The minimum atomic E-state index is -0.460. The molecule has 0 aromatic heterocycles. The van der Waals surface area contributed by atoms with Gasteiger partial charge in [0.2, 0.25) is 0 Å². The van der Waals surface area contributed by atoms with Crippen molar-refractivity contribution in [2.45, 2.75) is 45.3 Å². The zero-order valence-corrected chi connectivity index (χ0v) is 13.9. The van der Waals surface area contributed by atoms with Gasteiger partial charge in [-0.25, -0.2) is 4.79 Å². The first-order chi connectivity index (χ1) is 10.7. The van der Waals surface area contributed by atoms with Gasteiger partial charge in [0.1, 0.15) is 0 Å². The van der Waals surface area contributed by atoms with Gasteiger partial charge in [-0.15, -0.1) is 0 Å². The maximum absolute atomic E-state index is 12.2. The fraction of sp³-hybridized carbons (Fsp3) is 0.529. The number of aliphatic hydroxyl groups is 1. The second-order valence-corrected chi connectivity index (χ2v) is 6.96. The summed E-state index contributed by atoms with van der Waals surface area (Å²) in [4.78, 5) is 26.0. The maximum Gasteiger partial charge on any atom is 0.321 e. The number of hydrogen-bond acceptors (Lipinski definition) is 3. The van der Waals surface area contributed by atoms with Crippen LogP contribution in [0.2, 0.25) is 0 Å². The zero-order valence-electron chi connectivity index (χ0n) is 13.9. The molecule has 6 heteroatoms. The van der Waals surface area contributed by atoms with Crippen LogP contribution in [0.4, 0.5) is 10.5 Å². The number of benzene rings is 1. The summed E-state index contributed by atoms with van der Waals surface area (Å²) in [7, 11) is 0. The Kier molecular flexibility index (Phi) is 5.26. The Labute approximate surface area is 136 Å². The molecule has 1 fully saturated rings. The molecular formula is C17H25N3O3. The van der Waals surface area contributed by atoms with Crippen LogP contribution in [0.15, 0.2) is 24.3 Å². The number of hydrogen-bond donors (Lipinski definition) is 3. The van der Waals surface area contributed by atoms with Crippen LogP contribution < -0.4 is 10.6 Å².